The average Bonchev–Trinajstić information content (AvgIpc) is 3.29. The van der Waals surface area contributed by atoms with Crippen LogP contribution in [0, 0.1) is 6.92 Å². The highest BCUT2D eigenvalue weighted by molar-refractivity contribution is 5.98. The normalized spacial score (nSPS) is 22.0. The van der Waals surface area contributed by atoms with Crippen molar-refractivity contribution in [3.63, 3.8) is 0 Å². The van der Waals surface area contributed by atoms with Crippen LogP contribution in [0.3, 0.4) is 0 Å². The van der Waals surface area contributed by atoms with Gasteiger partial charge >= 0.3 is 0 Å². The second-order valence-corrected chi connectivity index (χ2v) is 11.3. The molecular weight excluding hydrogens is 518 g/mol. The molecule has 2 aliphatic heterocycles. The van der Waals surface area contributed by atoms with Crippen LogP contribution in [-0.2, 0) is 4.79 Å². The van der Waals surface area contributed by atoms with E-state index in [-0.39, 0.29) is 35.7 Å². The van der Waals surface area contributed by atoms with E-state index in [1.807, 2.05) is 55.5 Å². The van der Waals surface area contributed by atoms with Crippen molar-refractivity contribution in [1.29, 1.82) is 0 Å². The molecule has 6 rings (SSSR count). The van der Waals surface area contributed by atoms with E-state index in [4.69, 9.17) is 16.5 Å². The molecule has 1 spiro atoms. The lowest BCUT2D eigenvalue weighted by Crippen LogP contribution is -2.57. The van der Waals surface area contributed by atoms with Gasteiger partial charge in [0, 0.05) is 24.2 Å². The van der Waals surface area contributed by atoms with Gasteiger partial charge in [0.15, 0.2) is 5.96 Å². The zero-order valence-corrected chi connectivity index (χ0v) is 23.3. The first-order valence-corrected chi connectivity index (χ1v) is 14.4. The van der Waals surface area contributed by atoms with Crippen molar-refractivity contribution in [1.82, 2.24) is 20.2 Å². The Morgan fingerprint density at radius 2 is 1.83 bits per heavy atom. The number of guanidine groups is 1. The maximum absolute atomic E-state index is 13.8. The Morgan fingerprint density at radius 1 is 1.07 bits per heavy atom. The smallest absolute Gasteiger partial charge is 0.291 e. The number of amides is 2. The van der Waals surface area contributed by atoms with Crippen LogP contribution < -0.4 is 27.0 Å². The first-order valence-electron chi connectivity index (χ1n) is 14.4. The molecule has 11 nitrogen and oxygen atoms in total. The fourth-order valence-electron chi connectivity index (χ4n) is 6.50. The van der Waals surface area contributed by atoms with Gasteiger partial charge < -0.3 is 31.9 Å². The van der Waals surface area contributed by atoms with Crippen LogP contribution in [0.25, 0.3) is 10.9 Å². The highest BCUT2D eigenvalue weighted by Crippen LogP contribution is 2.36. The quantitative estimate of drug-likeness (QED) is 0.277. The van der Waals surface area contributed by atoms with E-state index in [2.05, 4.69) is 25.5 Å². The summed E-state index contributed by atoms with van der Waals surface area (Å²) in [6.07, 6.45) is 4.95. The monoisotopic (exact) mass is 555 g/mol. The van der Waals surface area contributed by atoms with Gasteiger partial charge in [-0.3, -0.25) is 9.59 Å². The van der Waals surface area contributed by atoms with E-state index < -0.39 is 5.54 Å². The zero-order chi connectivity index (χ0) is 28.6. The van der Waals surface area contributed by atoms with Crippen LogP contribution >= 0.6 is 0 Å². The standard InChI is InChI=1S/C30H37N9O2/c1-19-11-12-22-21(17-19)25(35-23-9-5-6-10-24(23)36-29(31)32)37-26(34-22)27(40)38-15-13-30(14-16-38)28(41)33-18-39(30)20-7-3-2-4-8-20/h2-4,7-8,11-12,17,23-24H,5-6,9-10,13-16,18H2,1H3,(H,33,41)(H4,31,32,36)(H,34,35,37). The van der Waals surface area contributed by atoms with Gasteiger partial charge in [-0.25, -0.2) is 15.0 Å². The number of benzene rings is 2. The van der Waals surface area contributed by atoms with Gasteiger partial charge in [0.05, 0.1) is 24.3 Å². The Bertz CT molecular complexity index is 1480. The van der Waals surface area contributed by atoms with Crippen LogP contribution in [-0.4, -0.2) is 70.0 Å². The Kier molecular flexibility index (Phi) is 7.10. The molecule has 2 atom stereocenters. The predicted octanol–water partition coefficient (Wildman–Crippen LogP) is 2.50. The molecule has 3 aromatic rings. The molecule has 2 saturated heterocycles. The molecule has 41 heavy (non-hydrogen) atoms. The fourth-order valence-corrected chi connectivity index (χ4v) is 6.50. The van der Waals surface area contributed by atoms with E-state index in [9.17, 15) is 9.59 Å². The Hall–Kier alpha value is -4.41. The number of nitrogens with two attached hydrogens (primary N) is 2. The summed E-state index contributed by atoms with van der Waals surface area (Å²) in [5.74, 6) is 0.612. The van der Waals surface area contributed by atoms with E-state index in [0.717, 1.165) is 42.3 Å². The summed E-state index contributed by atoms with van der Waals surface area (Å²) in [6, 6.07) is 15.8. The molecule has 1 aliphatic carbocycles. The molecule has 3 aliphatic rings. The van der Waals surface area contributed by atoms with Crippen molar-refractivity contribution in [2.45, 2.75) is 63.1 Å². The molecule has 1 saturated carbocycles. The largest absolute Gasteiger partial charge is 0.370 e. The molecule has 0 bridgehead atoms. The van der Waals surface area contributed by atoms with Crippen molar-refractivity contribution < 1.29 is 9.59 Å². The van der Waals surface area contributed by atoms with Gasteiger partial charge in [-0.15, -0.1) is 0 Å². The molecule has 1 aromatic heterocycles. The van der Waals surface area contributed by atoms with Gasteiger partial charge in [0.2, 0.25) is 11.7 Å². The highest BCUT2D eigenvalue weighted by Gasteiger charge is 2.51. The number of aryl methyl sites for hydroxylation is 1. The van der Waals surface area contributed by atoms with Crippen molar-refractivity contribution in [2.75, 3.05) is 30.0 Å². The lowest BCUT2D eigenvalue weighted by molar-refractivity contribution is -0.124. The highest BCUT2D eigenvalue weighted by atomic mass is 16.2. The molecule has 2 aromatic carbocycles. The van der Waals surface area contributed by atoms with Gasteiger partial charge in [0.25, 0.3) is 5.91 Å². The molecule has 0 radical (unpaired) electrons. The van der Waals surface area contributed by atoms with Crippen LogP contribution in [0.5, 0.6) is 0 Å². The number of aliphatic imine (C=N–C) groups is 1. The van der Waals surface area contributed by atoms with Crippen molar-refractivity contribution in [2.24, 2.45) is 16.5 Å². The predicted molar refractivity (Wildman–Crippen MR) is 160 cm³/mol. The molecule has 3 heterocycles. The van der Waals surface area contributed by atoms with Gasteiger partial charge in [-0.05, 0) is 56.9 Å². The number of aromatic nitrogens is 2. The van der Waals surface area contributed by atoms with E-state index in [1.54, 1.807) is 4.90 Å². The molecule has 6 N–H and O–H groups in total. The van der Waals surface area contributed by atoms with Gasteiger partial charge in [-0.2, -0.15) is 0 Å². The third-order valence-electron chi connectivity index (χ3n) is 8.69. The number of piperidine rings is 1. The van der Waals surface area contributed by atoms with Crippen LogP contribution in [0.1, 0.15) is 54.7 Å². The summed E-state index contributed by atoms with van der Waals surface area (Å²) in [7, 11) is 0. The zero-order valence-electron chi connectivity index (χ0n) is 23.3. The van der Waals surface area contributed by atoms with E-state index in [0.29, 0.717) is 43.9 Å². The maximum Gasteiger partial charge on any atom is 0.291 e. The minimum Gasteiger partial charge on any atom is -0.370 e. The number of hydrogen-bond donors (Lipinski definition) is 4. The summed E-state index contributed by atoms with van der Waals surface area (Å²) in [4.78, 5) is 44.7. The van der Waals surface area contributed by atoms with Gasteiger partial charge in [-0.1, -0.05) is 42.7 Å². The first kappa shape index (κ1) is 26.8. The number of para-hydroxylation sites is 1. The number of nitrogens with zero attached hydrogens (tertiary/aromatic N) is 5. The third-order valence-corrected chi connectivity index (χ3v) is 8.69. The summed E-state index contributed by atoms with van der Waals surface area (Å²) in [5.41, 5.74) is 13.5. The lowest BCUT2D eigenvalue weighted by Gasteiger charge is -2.43. The van der Waals surface area contributed by atoms with Crippen LogP contribution in [0.4, 0.5) is 11.5 Å². The summed E-state index contributed by atoms with van der Waals surface area (Å²) in [5, 5.41) is 7.45. The second-order valence-electron chi connectivity index (χ2n) is 11.3. The van der Waals surface area contributed by atoms with Crippen molar-refractivity contribution in [3.05, 3.63) is 59.9 Å². The fraction of sp³-hybridized carbons (Fsp3) is 0.433. The van der Waals surface area contributed by atoms with E-state index in [1.165, 1.54) is 0 Å². The maximum atomic E-state index is 13.8. The molecule has 2 unspecified atom stereocenters. The molecule has 11 heteroatoms. The number of rotatable bonds is 5. The van der Waals surface area contributed by atoms with E-state index >= 15 is 0 Å². The number of likely N-dealkylation sites (tertiary alicyclic amines) is 1. The Morgan fingerprint density at radius 3 is 2.59 bits per heavy atom. The Balaban J connectivity index is 1.26. The molecular formula is C30H37N9O2. The second kappa shape index (κ2) is 10.9. The minimum atomic E-state index is -0.673. The number of hydrogen-bond acceptors (Lipinski definition) is 7. The Labute approximate surface area is 239 Å². The van der Waals surface area contributed by atoms with Gasteiger partial charge in [0.1, 0.15) is 11.4 Å². The number of fused-ring (bicyclic) bond motifs is 1. The topological polar surface area (TPSA) is 155 Å². The molecule has 214 valence electrons. The van der Waals surface area contributed by atoms with Crippen molar-refractivity contribution >= 4 is 40.2 Å². The summed E-state index contributed by atoms with van der Waals surface area (Å²) >= 11 is 0. The summed E-state index contributed by atoms with van der Waals surface area (Å²) in [6.45, 7) is 3.35. The summed E-state index contributed by atoms with van der Waals surface area (Å²) < 4.78 is 0. The lowest BCUT2D eigenvalue weighted by atomic mass is 9.85. The minimum absolute atomic E-state index is 0.00731. The van der Waals surface area contributed by atoms with Crippen LogP contribution in [0.15, 0.2) is 53.5 Å². The van der Waals surface area contributed by atoms with Crippen molar-refractivity contribution in [3.8, 4) is 0 Å². The number of anilines is 2. The number of carbonyl (C=O) groups excluding carboxylic acids is 2. The molecule has 2 amide bonds. The number of carbonyl (C=O) groups is 2. The first-order chi connectivity index (χ1) is 19.8. The number of nitrogens with one attached hydrogen (secondary N) is 2. The average molecular weight is 556 g/mol. The SMILES string of the molecule is Cc1ccc2nc(C(=O)N3CCC4(CC3)C(=O)NCN4c3ccccc3)nc(NC3CCCCC3N=C(N)N)c2c1. The van der Waals surface area contributed by atoms with Crippen LogP contribution in [0.2, 0.25) is 0 Å². The molecule has 3 fully saturated rings. The third kappa shape index (κ3) is 5.12.